The van der Waals surface area contributed by atoms with Gasteiger partial charge in [0.25, 0.3) is 5.91 Å². The fourth-order valence-electron chi connectivity index (χ4n) is 1.89. The van der Waals surface area contributed by atoms with E-state index < -0.39 is 0 Å². The van der Waals surface area contributed by atoms with Gasteiger partial charge >= 0.3 is 0 Å². The lowest BCUT2D eigenvalue weighted by Gasteiger charge is -2.17. The van der Waals surface area contributed by atoms with Gasteiger partial charge in [0.05, 0.1) is 0 Å². The number of aromatic nitrogens is 1. The average molecular weight is 255 g/mol. The molecule has 19 heavy (non-hydrogen) atoms. The summed E-state index contributed by atoms with van der Waals surface area (Å²) in [6.45, 7) is 1.00. The van der Waals surface area contributed by atoms with Gasteiger partial charge in [0, 0.05) is 38.1 Å². The molecule has 2 rings (SSSR count). The van der Waals surface area contributed by atoms with Crippen molar-refractivity contribution in [3.05, 3.63) is 65.5 Å². The van der Waals surface area contributed by atoms with E-state index in [2.05, 4.69) is 4.98 Å². The van der Waals surface area contributed by atoms with E-state index in [4.69, 9.17) is 5.73 Å². The second kappa shape index (κ2) is 6.11. The molecule has 2 aromatic rings. The van der Waals surface area contributed by atoms with Crippen molar-refractivity contribution in [3.63, 3.8) is 0 Å². The van der Waals surface area contributed by atoms with Crippen molar-refractivity contribution >= 4 is 5.91 Å². The van der Waals surface area contributed by atoms with Gasteiger partial charge in [0.15, 0.2) is 0 Å². The number of nitrogens with two attached hydrogens (primary N) is 1. The average Bonchev–Trinajstić information content (AvgIpc) is 2.47. The Morgan fingerprint density at radius 2 is 1.95 bits per heavy atom. The quantitative estimate of drug-likeness (QED) is 0.906. The molecule has 0 saturated heterocycles. The number of nitrogens with zero attached hydrogens (tertiary/aromatic N) is 2. The highest BCUT2D eigenvalue weighted by Gasteiger charge is 2.12. The van der Waals surface area contributed by atoms with E-state index in [9.17, 15) is 4.79 Å². The zero-order valence-electron chi connectivity index (χ0n) is 10.9. The Morgan fingerprint density at radius 3 is 2.63 bits per heavy atom. The van der Waals surface area contributed by atoms with E-state index in [-0.39, 0.29) is 5.91 Å². The van der Waals surface area contributed by atoms with E-state index in [1.807, 2.05) is 36.4 Å². The summed E-state index contributed by atoms with van der Waals surface area (Å²) in [5, 5.41) is 0. The molecule has 0 aliphatic heterocycles. The molecule has 0 saturated carbocycles. The standard InChI is InChI=1S/C15H17N3O/c1-18(11-12-5-7-17-8-6-12)15(19)14-4-2-3-13(9-14)10-16/h2-9H,10-11,16H2,1H3. The first-order chi connectivity index (χ1) is 9.20. The summed E-state index contributed by atoms with van der Waals surface area (Å²) >= 11 is 0. The van der Waals surface area contributed by atoms with Crippen LogP contribution in [0.15, 0.2) is 48.8 Å². The predicted octanol–water partition coefficient (Wildman–Crippen LogP) is 1.81. The van der Waals surface area contributed by atoms with Gasteiger partial charge in [0.1, 0.15) is 0 Å². The number of carbonyl (C=O) groups is 1. The van der Waals surface area contributed by atoms with Crippen LogP contribution in [-0.4, -0.2) is 22.8 Å². The molecule has 0 spiro atoms. The van der Waals surface area contributed by atoms with E-state index in [0.29, 0.717) is 18.7 Å². The molecule has 0 bridgehead atoms. The lowest BCUT2D eigenvalue weighted by atomic mass is 10.1. The van der Waals surface area contributed by atoms with Crippen LogP contribution in [0.1, 0.15) is 21.5 Å². The van der Waals surface area contributed by atoms with Crippen LogP contribution in [0.4, 0.5) is 0 Å². The van der Waals surface area contributed by atoms with Crippen LogP contribution in [0.2, 0.25) is 0 Å². The second-order valence-electron chi connectivity index (χ2n) is 4.42. The summed E-state index contributed by atoms with van der Waals surface area (Å²) in [6.07, 6.45) is 3.45. The third-order valence-electron chi connectivity index (χ3n) is 2.93. The Balaban J connectivity index is 2.10. The van der Waals surface area contributed by atoms with E-state index in [1.54, 1.807) is 24.3 Å². The zero-order valence-corrected chi connectivity index (χ0v) is 10.9. The summed E-state index contributed by atoms with van der Waals surface area (Å²) in [4.78, 5) is 17.9. The van der Waals surface area contributed by atoms with Gasteiger partial charge in [-0.3, -0.25) is 9.78 Å². The van der Waals surface area contributed by atoms with Crippen LogP contribution in [-0.2, 0) is 13.1 Å². The maximum Gasteiger partial charge on any atom is 0.253 e. The molecule has 1 amide bonds. The van der Waals surface area contributed by atoms with Gasteiger partial charge in [-0.1, -0.05) is 12.1 Å². The molecule has 1 aromatic heterocycles. The molecule has 4 nitrogen and oxygen atoms in total. The lowest BCUT2D eigenvalue weighted by Crippen LogP contribution is -2.26. The summed E-state index contributed by atoms with van der Waals surface area (Å²) in [5.41, 5.74) is 8.27. The molecule has 1 heterocycles. The monoisotopic (exact) mass is 255 g/mol. The number of rotatable bonds is 4. The summed E-state index contributed by atoms with van der Waals surface area (Å²) in [6, 6.07) is 11.2. The molecule has 4 heteroatoms. The summed E-state index contributed by atoms with van der Waals surface area (Å²) in [5.74, 6) is -0.00730. The molecule has 98 valence electrons. The van der Waals surface area contributed by atoms with E-state index >= 15 is 0 Å². The van der Waals surface area contributed by atoms with Crippen molar-refractivity contribution in [2.45, 2.75) is 13.1 Å². The van der Waals surface area contributed by atoms with Crippen LogP contribution in [0, 0.1) is 0 Å². The molecule has 0 fully saturated rings. The van der Waals surface area contributed by atoms with Gasteiger partial charge in [-0.2, -0.15) is 0 Å². The molecular formula is C15H17N3O. The van der Waals surface area contributed by atoms with Crippen LogP contribution in [0.25, 0.3) is 0 Å². The summed E-state index contributed by atoms with van der Waals surface area (Å²) in [7, 11) is 1.79. The topological polar surface area (TPSA) is 59.2 Å². The molecule has 0 unspecified atom stereocenters. The number of pyridine rings is 1. The summed E-state index contributed by atoms with van der Waals surface area (Å²) < 4.78 is 0. The number of hydrogen-bond acceptors (Lipinski definition) is 3. The fraction of sp³-hybridized carbons (Fsp3) is 0.200. The number of hydrogen-bond donors (Lipinski definition) is 1. The first-order valence-corrected chi connectivity index (χ1v) is 6.14. The molecule has 2 N–H and O–H groups in total. The Bertz CT molecular complexity index is 554. The Morgan fingerprint density at radius 1 is 1.21 bits per heavy atom. The minimum absolute atomic E-state index is 0.00730. The lowest BCUT2D eigenvalue weighted by molar-refractivity contribution is 0.0785. The van der Waals surface area contributed by atoms with Crippen LogP contribution >= 0.6 is 0 Å². The van der Waals surface area contributed by atoms with E-state index in [0.717, 1.165) is 11.1 Å². The largest absolute Gasteiger partial charge is 0.337 e. The van der Waals surface area contributed by atoms with Crippen molar-refractivity contribution in [1.29, 1.82) is 0 Å². The zero-order chi connectivity index (χ0) is 13.7. The highest BCUT2D eigenvalue weighted by atomic mass is 16.2. The van der Waals surface area contributed by atoms with Gasteiger partial charge in [-0.15, -0.1) is 0 Å². The molecule has 0 radical (unpaired) electrons. The normalized spacial score (nSPS) is 10.2. The van der Waals surface area contributed by atoms with Gasteiger partial charge in [-0.05, 0) is 35.4 Å². The van der Waals surface area contributed by atoms with Crippen molar-refractivity contribution in [1.82, 2.24) is 9.88 Å². The first-order valence-electron chi connectivity index (χ1n) is 6.14. The van der Waals surface area contributed by atoms with Gasteiger partial charge in [-0.25, -0.2) is 0 Å². The van der Waals surface area contributed by atoms with Crippen LogP contribution in [0.3, 0.4) is 0 Å². The number of carbonyl (C=O) groups excluding carboxylic acids is 1. The predicted molar refractivity (Wildman–Crippen MR) is 74.4 cm³/mol. The maximum atomic E-state index is 12.3. The number of amides is 1. The third-order valence-corrected chi connectivity index (χ3v) is 2.93. The van der Waals surface area contributed by atoms with Crippen molar-refractivity contribution in [3.8, 4) is 0 Å². The van der Waals surface area contributed by atoms with E-state index in [1.165, 1.54) is 0 Å². The Hall–Kier alpha value is -2.20. The van der Waals surface area contributed by atoms with Crippen LogP contribution in [0.5, 0.6) is 0 Å². The fourth-order valence-corrected chi connectivity index (χ4v) is 1.89. The van der Waals surface area contributed by atoms with Crippen molar-refractivity contribution in [2.75, 3.05) is 7.05 Å². The SMILES string of the molecule is CN(Cc1ccncc1)C(=O)c1cccc(CN)c1. The Kier molecular flexibility index (Phi) is 4.26. The molecule has 0 aliphatic carbocycles. The second-order valence-corrected chi connectivity index (χ2v) is 4.42. The maximum absolute atomic E-state index is 12.3. The molecular weight excluding hydrogens is 238 g/mol. The Labute approximate surface area is 112 Å². The van der Waals surface area contributed by atoms with Gasteiger partial charge < -0.3 is 10.6 Å². The molecule has 1 aromatic carbocycles. The van der Waals surface area contributed by atoms with Gasteiger partial charge in [0.2, 0.25) is 0 Å². The number of benzene rings is 1. The van der Waals surface area contributed by atoms with Crippen molar-refractivity contribution in [2.24, 2.45) is 5.73 Å². The third kappa shape index (κ3) is 3.39. The van der Waals surface area contributed by atoms with Crippen LogP contribution < -0.4 is 5.73 Å². The molecule has 0 atom stereocenters. The first kappa shape index (κ1) is 13.2. The minimum Gasteiger partial charge on any atom is -0.337 e. The smallest absolute Gasteiger partial charge is 0.253 e. The molecule has 0 aliphatic rings. The highest BCUT2D eigenvalue weighted by molar-refractivity contribution is 5.94. The van der Waals surface area contributed by atoms with Crippen molar-refractivity contribution < 1.29 is 4.79 Å². The minimum atomic E-state index is -0.00730. The highest BCUT2D eigenvalue weighted by Crippen LogP contribution is 2.10.